The summed E-state index contributed by atoms with van der Waals surface area (Å²) in [5.41, 5.74) is 11.7. The second-order valence-electron chi connectivity index (χ2n) is 9.12. The topological polar surface area (TPSA) is 214 Å². The number of hydrogen-bond acceptors (Lipinski definition) is 7. The third-order valence-electron chi connectivity index (χ3n) is 5.33. The molecule has 0 saturated heterocycles. The van der Waals surface area contributed by atoms with Crippen LogP contribution in [0.25, 0.3) is 0 Å². The van der Waals surface area contributed by atoms with E-state index in [4.69, 9.17) is 11.5 Å². The van der Waals surface area contributed by atoms with Crippen LogP contribution in [0.3, 0.4) is 0 Å². The number of carbonyl (C=O) groups excluding carboxylic acids is 4. The Morgan fingerprint density at radius 3 is 1.97 bits per heavy atom. The number of carbonyl (C=O) groups is 5. The van der Waals surface area contributed by atoms with E-state index in [9.17, 15) is 34.2 Å². The zero-order valence-corrected chi connectivity index (χ0v) is 20.8. The molecule has 0 spiro atoms. The van der Waals surface area contributed by atoms with E-state index in [0.717, 1.165) is 0 Å². The zero-order chi connectivity index (χ0) is 27.4. The molecule has 1 aromatic rings. The molecule has 12 nitrogen and oxygen atoms in total. The van der Waals surface area contributed by atoms with Gasteiger partial charge in [0.05, 0.1) is 12.1 Å². The molecule has 4 amide bonds. The molecule has 0 aliphatic carbocycles. The van der Waals surface area contributed by atoms with E-state index in [2.05, 4.69) is 16.0 Å². The van der Waals surface area contributed by atoms with Crippen molar-refractivity contribution >= 4 is 29.6 Å². The Bertz CT molecular complexity index is 907. The van der Waals surface area contributed by atoms with Gasteiger partial charge in [0.2, 0.25) is 23.6 Å². The molecule has 0 bridgehead atoms. The van der Waals surface area contributed by atoms with Gasteiger partial charge in [0.1, 0.15) is 18.1 Å². The second-order valence-corrected chi connectivity index (χ2v) is 9.12. The molecular formula is C24H37N5O7. The molecule has 5 atom stereocenters. The highest BCUT2D eigenvalue weighted by molar-refractivity contribution is 5.94. The maximum absolute atomic E-state index is 12.9. The van der Waals surface area contributed by atoms with Gasteiger partial charge in [-0.25, -0.2) is 4.79 Å². The van der Waals surface area contributed by atoms with E-state index in [-0.39, 0.29) is 25.2 Å². The van der Waals surface area contributed by atoms with Crippen molar-refractivity contribution in [3.8, 4) is 0 Å². The maximum Gasteiger partial charge on any atom is 0.326 e. The number of aliphatic carboxylic acids is 1. The average Bonchev–Trinajstić information content (AvgIpc) is 2.79. The van der Waals surface area contributed by atoms with E-state index >= 15 is 0 Å². The first-order valence-electron chi connectivity index (χ1n) is 11.7. The van der Waals surface area contributed by atoms with Gasteiger partial charge in [-0.1, -0.05) is 44.2 Å². The van der Waals surface area contributed by atoms with Gasteiger partial charge >= 0.3 is 5.97 Å². The van der Waals surface area contributed by atoms with Crippen LogP contribution >= 0.6 is 0 Å². The lowest BCUT2D eigenvalue weighted by Crippen LogP contribution is -2.60. The van der Waals surface area contributed by atoms with Crippen molar-refractivity contribution in [2.45, 2.75) is 76.7 Å². The fourth-order valence-electron chi connectivity index (χ4n) is 3.42. The lowest BCUT2D eigenvalue weighted by Gasteiger charge is -2.26. The number of nitrogens with two attached hydrogens (primary N) is 2. The standard InChI is InChI=1S/C24H37N5O7/c1-13(2)11-16(25)21(32)27-17(9-10-19(26)31)22(33)29-20(14(3)30)23(34)28-18(24(35)36)12-15-7-5-4-6-8-15/h4-8,13-14,16-18,20,30H,9-12,25H2,1-3H3,(H2,26,31)(H,27,32)(H,28,34)(H,29,33)(H,35,36). The summed E-state index contributed by atoms with van der Waals surface area (Å²) in [5.74, 6) is -4.31. The lowest BCUT2D eigenvalue weighted by molar-refractivity contribution is -0.143. The molecule has 0 aliphatic heterocycles. The van der Waals surface area contributed by atoms with Crippen LogP contribution in [0.15, 0.2) is 30.3 Å². The highest BCUT2D eigenvalue weighted by atomic mass is 16.4. The number of aliphatic hydroxyl groups excluding tert-OH is 1. The largest absolute Gasteiger partial charge is 0.480 e. The van der Waals surface area contributed by atoms with Crippen LogP contribution in [-0.2, 0) is 30.4 Å². The summed E-state index contributed by atoms with van der Waals surface area (Å²) in [6.45, 7) is 4.99. The molecule has 36 heavy (non-hydrogen) atoms. The van der Waals surface area contributed by atoms with Crippen molar-refractivity contribution in [3.05, 3.63) is 35.9 Å². The predicted octanol–water partition coefficient (Wildman–Crippen LogP) is -1.21. The van der Waals surface area contributed by atoms with Gasteiger partial charge in [-0.2, -0.15) is 0 Å². The first-order chi connectivity index (χ1) is 16.8. The smallest absolute Gasteiger partial charge is 0.326 e. The Kier molecular flexibility index (Phi) is 12.5. The van der Waals surface area contributed by atoms with Gasteiger partial charge in [0, 0.05) is 12.8 Å². The number of nitrogens with one attached hydrogen (secondary N) is 3. The zero-order valence-electron chi connectivity index (χ0n) is 20.8. The van der Waals surface area contributed by atoms with Crippen LogP contribution in [0.2, 0.25) is 0 Å². The molecule has 12 heteroatoms. The Hall–Kier alpha value is -3.51. The molecule has 0 fully saturated rings. The van der Waals surface area contributed by atoms with E-state index in [1.807, 2.05) is 13.8 Å². The molecule has 0 aliphatic rings. The third kappa shape index (κ3) is 10.8. The molecule has 0 heterocycles. The van der Waals surface area contributed by atoms with Gasteiger partial charge < -0.3 is 37.6 Å². The summed E-state index contributed by atoms with van der Waals surface area (Å²) in [5, 5.41) is 26.8. The summed E-state index contributed by atoms with van der Waals surface area (Å²) in [6, 6.07) is 3.59. The molecular weight excluding hydrogens is 470 g/mol. The van der Waals surface area contributed by atoms with Gasteiger partial charge in [0.15, 0.2) is 0 Å². The van der Waals surface area contributed by atoms with Gasteiger partial charge in [-0.15, -0.1) is 0 Å². The fourth-order valence-corrected chi connectivity index (χ4v) is 3.42. The SMILES string of the molecule is CC(C)CC(N)C(=O)NC(CCC(N)=O)C(=O)NC(C(=O)NC(Cc1ccccc1)C(=O)O)C(C)O. The lowest BCUT2D eigenvalue weighted by atomic mass is 10.0. The molecule has 5 unspecified atom stereocenters. The van der Waals surface area contributed by atoms with Crippen LogP contribution in [0.4, 0.5) is 0 Å². The highest BCUT2D eigenvalue weighted by Crippen LogP contribution is 2.07. The quantitative estimate of drug-likeness (QED) is 0.152. The minimum atomic E-state index is -1.53. The number of amides is 4. The maximum atomic E-state index is 12.9. The van der Waals surface area contributed by atoms with Gasteiger partial charge in [0.25, 0.3) is 0 Å². The van der Waals surface area contributed by atoms with Crippen LogP contribution < -0.4 is 27.4 Å². The molecule has 1 rings (SSSR count). The Morgan fingerprint density at radius 1 is 0.889 bits per heavy atom. The van der Waals surface area contributed by atoms with Crippen LogP contribution in [0.1, 0.15) is 45.6 Å². The van der Waals surface area contributed by atoms with Crippen molar-refractivity contribution in [3.63, 3.8) is 0 Å². The highest BCUT2D eigenvalue weighted by Gasteiger charge is 2.33. The van der Waals surface area contributed by atoms with E-state index < -0.39 is 59.9 Å². The summed E-state index contributed by atoms with van der Waals surface area (Å²) in [7, 11) is 0. The fraction of sp³-hybridized carbons (Fsp3) is 0.542. The van der Waals surface area contributed by atoms with Crippen molar-refractivity contribution in [2.24, 2.45) is 17.4 Å². The van der Waals surface area contributed by atoms with Crippen LogP contribution in [-0.4, -0.2) is 70.1 Å². The number of aliphatic hydroxyl groups is 1. The number of rotatable bonds is 15. The number of carboxylic acids is 1. The van der Waals surface area contributed by atoms with Crippen molar-refractivity contribution in [2.75, 3.05) is 0 Å². The van der Waals surface area contributed by atoms with Crippen molar-refractivity contribution in [1.82, 2.24) is 16.0 Å². The molecule has 9 N–H and O–H groups in total. The predicted molar refractivity (Wildman–Crippen MR) is 131 cm³/mol. The molecule has 0 saturated carbocycles. The van der Waals surface area contributed by atoms with Crippen molar-refractivity contribution < 1.29 is 34.2 Å². The molecule has 0 aromatic heterocycles. The van der Waals surface area contributed by atoms with E-state index in [1.54, 1.807) is 30.3 Å². The first-order valence-corrected chi connectivity index (χ1v) is 11.7. The number of primary amides is 1. The normalized spacial score (nSPS) is 15.2. The number of hydrogen-bond donors (Lipinski definition) is 7. The summed E-state index contributed by atoms with van der Waals surface area (Å²) < 4.78 is 0. The molecule has 0 radical (unpaired) electrons. The average molecular weight is 508 g/mol. The second kappa shape index (κ2) is 14.8. The summed E-state index contributed by atoms with van der Waals surface area (Å²) >= 11 is 0. The van der Waals surface area contributed by atoms with Crippen LogP contribution in [0, 0.1) is 5.92 Å². The monoisotopic (exact) mass is 507 g/mol. The van der Waals surface area contributed by atoms with Crippen molar-refractivity contribution in [1.29, 1.82) is 0 Å². The van der Waals surface area contributed by atoms with Crippen LogP contribution in [0.5, 0.6) is 0 Å². The Balaban J connectivity index is 2.98. The first kappa shape index (κ1) is 30.5. The van der Waals surface area contributed by atoms with Gasteiger partial charge in [-0.3, -0.25) is 19.2 Å². The third-order valence-corrected chi connectivity index (χ3v) is 5.33. The number of carboxylic acid groups (broad SMARTS) is 1. The summed E-state index contributed by atoms with van der Waals surface area (Å²) in [4.78, 5) is 61.2. The minimum Gasteiger partial charge on any atom is -0.480 e. The minimum absolute atomic E-state index is 0.0204. The van der Waals surface area contributed by atoms with E-state index in [1.165, 1.54) is 6.92 Å². The van der Waals surface area contributed by atoms with Gasteiger partial charge in [-0.05, 0) is 31.2 Å². The number of benzene rings is 1. The molecule has 200 valence electrons. The summed E-state index contributed by atoms with van der Waals surface area (Å²) in [6.07, 6.45) is -1.47. The Morgan fingerprint density at radius 2 is 1.47 bits per heavy atom. The van der Waals surface area contributed by atoms with E-state index in [0.29, 0.717) is 12.0 Å². The Labute approximate surface area is 210 Å². The molecule has 1 aromatic carbocycles.